The lowest BCUT2D eigenvalue weighted by Crippen LogP contribution is -2.02. The van der Waals surface area contributed by atoms with Gasteiger partial charge in [0.05, 0.1) is 11.4 Å². The van der Waals surface area contributed by atoms with Crippen LogP contribution in [0.3, 0.4) is 0 Å². The fourth-order valence-electron chi connectivity index (χ4n) is 8.74. The molecule has 0 saturated carbocycles. The Balaban J connectivity index is 1.13. The molecule has 2 heterocycles. The second-order valence-corrected chi connectivity index (χ2v) is 16.2. The standard InChI is InChI=1S/C62H42N4/c1-8-22-43(23-9-1)52-40-53(44-24-10-2-11-25-44)42-54(41-52)62-65-60(50-34-20-7-21-35-50)64-61(66-62)51-38-36-47(37-39-51)55-56(45-26-12-3-13-27-45)58(48-30-16-5-17-31-48)63-59(49-32-18-6-19-33-49)57(55)46-28-14-4-15-29-46/h1-42H. The van der Waals surface area contributed by atoms with Crippen LogP contribution in [0.25, 0.3) is 112 Å². The van der Waals surface area contributed by atoms with Crippen molar-refractivity contribution in [3.63, 3.8) is 0 Å². The second-order valence-electron chi connectivity index (χ2n) is 16.2. The van der Waals surface area contributed by atoms with E-state index in [0.717, 1.165) is 94.8 Å². The van der Waals surface area contributed by atoms with Gasteiger partial charge >= 0.3 is 0 Å². The quantitative estimate of drug-likeness (QED) is 0.138. The number of benzene rings is 9. The van der Waals surface area contributed by atoms with Gasteiger partial charge in [-0.3, -0.25) is 0 Å². The Bertz CT molecular complexity index is 3240. The summed E-state index contributed by atoms with van der Waals surface area (Å²) in [5.41, 5.74) is 17.5. The van der Waals surface area contributed by atoms with E-state index in [2.05, 4.69) is 224 Å². The summed E-state index contributed by atoms with van der Waals surface area (Å²) in [7, 11) is 0. The van der Waals surface area contributed by atoms with Gasteiger partial charge in [-0.05, 0) is 57.1 Å². The van der Waals surface area contributed by atoms with Crippen molar-refractivity contribution >= 4 is 0 Å². The average molecular weight is 843 g/mol. The van der Waals surface area contributed by atoms with Gasteiger partial charge in [-0.15, -0.1) is 0 Å². The molecule has 66 heavy (non-hydrogen) atoms. The summed E-state index contributed by atoms with van der Waals surface area (Å²) in [6.07, 6.45) is 0. The van der Waals surface area contributed by atoms with Gasteiger partial charge in [0.2, 0.25) is 0 Å². The molecule has 0 aliphatic rings. The zero-order chi connectivity index (χ0) is 44.1. The molecule has 0 unspecified atom stereocenters. The zero-order valence-electron chi connectivity index (χ0n) is 36.0. The lowest BCUT2D eigenvalue weighted by Gasteiger charge is -2.23. The van der Waals surface area contributed by atoms with Gasteiger partial charge < -0.3 is 0 Å². The molecule has 0 radical (unpaired) electrons. The lowest BCUT2D eigenvalue weighted by molar-refractivity contribution is 1.07. The van der Waals surface area contributed by atoms with E-state index in [4.69, 9.17) is 19.9 Å². The summed E-state index contributed by atoms with van der Waals surface area (Å²) < 4.78 is 0. The highest BCUT2D eigenvalue weighted by molar-refractivity contribution is 6.05. The molecule has 4 nitrogen and oxygen atoms in total. The average Bonchev–Trinajstić information content (AvgIpc) is 3.42. The van der Waals surface area contributed by atoms with Crippen molar-refractivity contribution in [1.82, 2.24) is 19.9 Å². The van der Waals surface area contributed by atoms with Gasteiger partial charge in [0.1, 0.15) is 0 Å². The molecular formula is C62H42N4. The molecule has 2 aromatic heterocycles. The molecule has 0 spiro atoms. The van der Waals surface area contributed by atoms with E-state index in [9.17, 15) is 0 Å². The van der Waals surface area contributed by atoms with Crippen molar-refractivity contribution < 1.29 is 0 Å². The van der Waals surface area contributed by atoms with Crippen LogP contribution in [0, 0.1) is 0 Å². The number of pyridine rings is 1. The molecule has 0 fully saturated rings. The largest absolute Gasteiger partial charge is 0.246 e. The van der Waals surface area contributed by atoms with Crippen molar-refractivity contribution in [2.24, 2.45) is 0 Å². The molecule has 0 aliphatic heterocycles. The van der Waals surface area contributed by atoms with Gasteiger partial charge in [-0.1, -0.05) is 237 Å². The highest BCUT2D eigenvalue weighted by Gasteiger charge is 2.25. The molecule has 9 aromatic carbocycles. The third-order valence-corrected chi connectivity index (χ3v) is 11.9. The normalized spacial score (nSPS) is 11.0. The molecule has 310 valence electrons. The first-order chi connectivity index (χ1) is 32.7. The van der Waals surface area contributed by atoms with Gasteiger partial charge in [-0.2, -0.15) is 0 Å². The minimum absolute atomic E-state index is 0.591. The molecule has 11 aromatic rings. The van der Waals surface area contributed by atoms with Crippen LogP contribution < -0.4 is 0 Å². The monoisotopic (exact) mass is 842 g/mol. The maximum Gasteiger partial charge on any atom is 0.164 e. The number of hydrogen-bond donors (Lipinski definition) is 0. The minimum atomic E-state index is 0.591. The van der Waals surface area contributed by atoms with E-state index >= 15 is 0 Å². The Labute approximate surface area is 385 Å². The predicted molar refractivity (Wildman–Crippen MR) is 272 cm³/mol. The molecule has 0 N–H and O–H groups in total. The van der Waals surface area contributed by atoms with Crippen molar-refractivity contribution in [2.75, 3.05) is 0 Å². The molecular weight excluding hydrogens is 801 g/mol. The highest BCUT2D eigenvalue weighted by Crippen LogP contribution is 2.49. The van der Waals surface area contributed by atoms with E-state index in [-0.39, 0.29) is 0 Å². The zero-order valence-corrected chi connectivity index (χ0v) is 36.0. The molecule has 11 rings (SSSR count). The molecule has 0 amide bonds. The van der Waals surface area contributed by atoms with Gasteiger partial charge in [-0.25, -0.2) is 19.9 Å². The van der Waals surface area contributed by atoms with E-state index < -0.39 is 0 Å². The summed E-state index contributed by atoms with van der Waals surface area (Å²) in [5.74, 6) is 1.80. The molecule has 0 aliphatic carbocycles. The molecule has 0 atom stereocenters. The fourth-order valence-corrected chi connectivity index (χ4v) is 8.74. The third kappa shape index (κ3) is 8.11. The van der Waals surface area contributed by atoms with E-state index in [1.54, 1.807) is 0 Å². The number of rotatable bonds is 10. The Morgan fingerprint density at radius 3 is 0.803 bits per heavy atom. The van der Waals surface area contributed by atoms with Crippen LogP contribution >= 0.6 is 0 Å². The van der Waals surface area contributed by atoms with Crippen LogP contribution in [0.2, 0.25) is 0 Å². The number of nitrogens with zero attached hydrogens (tertiary/aromatic N) is 4. The van der Waals surface area contributed by atoms with E-state index in [1.165, 1.54) is 0 Å². The predicted octanol–water partition coefficient (Wildman–Crippen LogP) is 15.9. The Morgan fingerprint density at radius 2 is 0.424 bits per heavy atom. The minimum Gasteiger partial charge on any atom is -0.246 e. The Hall–Kier alpha value is -8.86. The summed E-state index contributed by atoms with van der Waals surface area (Å²) >= 11 is 0. The Morgan fingerprint density at radius 1 is 0.167 bits per heavy atom. The first-order valence-electron chi connectivity index (χ1n) is 22.2. The highest BCUT2D eigenvalue weighted by atomic mass is 15.0. The summed E-state index contributed by atoms with van der Waals surface area (Å²) in [5, 5.41) is 0. The van der Waals surface area contributed by atoms with Gasteiger partial charge in [0.25, 0.3) is 0 Å². The molecule has 0 saturated heterocycles. The third-order valence-electron chi connectivity index (χ3n) is 11.9. The maximum absolute atomic E-state index is 5.62. The van der Waals surface area contributed by atoms with E-state index in [0.29, 0.717) is 17.5 Å². The number of hydrogen-bond acceptors (Lipinski definition) is 4. The van der Waals surface area contributed by atoms with Crippen LogP contribution in [0.5, 0.6) is 0 Å². The first-order valence-corrected chi connectivity index (χ1v) is 22.2. The topological polar surface area (TPSA) is 51.6 Å². The van der Waals surface area contributed by atoms with Crippen molar-refractivity contribution in [1.29, 1.82) is 0 Å². The lowest BCUT2D eigenvalue weighted by atomic mass is 9.83. The van der Waals surface area contributed by atoms with Crippen molar-refractivity contribution in [2.45, 2.75) is 0 Å². The van der Waals surface area contributed by atoms with Crippen LogP contribution in [0.4, 0.5) is 0 Å². The number of aromatic nitrogens is 4. The molecule has 4 heteroatoms. The molecule has 0 bridgehead atoms. The van der Waals surface area contributed by atoms with Gasteiger partial charge in [0.15, 0.2) is 17.5 Å². The van der Waals surface area contributed by atoms with Gasteiger partial charge in [0, 0.05) is 44.5 Å². The van der Waals surface area contributed by atoms with Crippen LogP contribution in [0.1, 0.15) is 0 Å². The summed E-state index contributed by atoms with van der Waals surface area (Å²) in [4.78, 5) is 21.2. The van der Waals surface area contributed by atoms with Crippen molar-refractivity contribution in [3.8, 4) is 112 Å². The Kier molecular flexibility index (Phi) is 10.9. The van der Waals surface area contributed by atoms with Crippen LogP contribution in [-0.4, -0.2) is 19.9 Å². The van der Waals surface area contributed by atoms with Crippen molar-refractivity contribution in [3.05, 3.63) is 255 Å². The van der Waals surface area contributed by atoms with Crippen LogP contribution in [0.15, 0.2) is 255 Å². The SMILES string of the molecule is c1ccc(-c2cc(-c3ccccc3)cc(-c3nc(-c4ccccc4)nc(-c4ccc(-c5c(-c6ccccc6)c(-c6ccccc6)nc(-c6ccccc6)c5-c5ccccc5)cc4)n3)c2)cc1. The first kappa shape index (κ1) is 40.0. The summed E-state index contributed by atoms with van der Waals surface area (Å²) in [6, 6.07) is 88.8. The maximum atomic E-state index is 5.62. The smallest absolute Gasteiger partial charge is 0.164 e. The second kappa shape index (κ2) is 18.1. The van der Waals surface area contributed by atoms with E-state index in [1.807, 2.05) is 30.3 Å². The fraction of sp³-hybridized carbons (Fsp3) is 0. The summed E-state index contributed by atoms with van der Waals surface area (Å²) in [6.45, 7) is 0. The van der Waals surface area contributed by atoms with Crippen LogP contribution in [-0.2, 0) is 0 Å².